The molecule has 142 valence electrons. The largest absolute Gasteiger partial charge is 0.367 e. The fraction of sp³-hybridized carbons (Fsp3) is 0.263. The Balaban J connectivity index is 1.66. The van der Waals surface area contributed by atoms with E-state index in [0.29, 0.717) is 36.7 Å². The summed E-state index contributed by atoms with van der Waals surface area (Å²) < 4.78 is 26.5. The Kier molecular flexibility index (Phi) is 5.88. The molecule has 0 aliphatic carbocycles. The van der Waals surface area contributed by atoms with E-state index in [9.17, 15) is 13.2 Å². The van der Waals surface area contributed by atoms with Crippen LogP contribution in [0.3, 0.4) is 0 Å². The van der Waals surface area contributed by atoms with Gasteiger partial charge in [0.25, 0.3) is 5.91 Å². The number of amides is 1. The zero-order valence-electron chi connectivity index (χ0n) is 14.9. The number of rotatable bonds is 7. The quantitative estimate of drug-likeness (QED) is 0.714. The van der Waals surface area contributed by atoms with Crippen LogP contribution in [0.15, 0.2) is 60.1 Å². The minimum Gasteiger partial charge on any atom is -0.367 e. The van der Waals surface area contributed by atoms with Gasteiger partial charge in [-0.05, 0) is 49.2 Å². The average Bonchev–Trinajstić information content (AvgIpc) is 3.23. The molecule has 0 bridgehead atoms. The smallest absolute Gasteiger partial charge is 0.255 e. The number of hydrogen-bond donors (Lipinski definition) is 2. The molecule has 1 saturated heterocycles. The van der Waals surface area contributed by atoms with Crippen molar-refractivity contribution in [3.05, 3.63) is 60.8 Å². The number of nitrogens with one attached hydrogen (secondary N) is 2. The molecule has 0 radical (unpaired) electrons. The van der Waals surface area contributed by atoms with Crippen LogP contribution in [0.5, 0.6) is 0 Å². The SMILES string of the molecule is C=CCNc1ccc(NC(=O)c2ccc(S(=O)(=O)N3CCCC3)cc2)cn1. The van der Waals surface area contributed by atoms with Crippen molar-refractivity contribution in [1.82, 2.24) is 9.29 Å². The molecule has 1 aromatic carbocycles. The topological polar surface area (TPSA) is 91.4 Å². The molecule has 2 N–H and O–H groups in total. The maximum atomic E-state index is 12.5. The standard InChI is InChI=1S/C19H22N4O3S/c1-2-11-20-18-10-7-16(14-21-18)22-19(24)15-5-8-17(9-6-15)27(25,26)23-12-3-4-13-23/h2,5-10,14H,1,3-4,11-13H2,(H,20,21)(H,22,24). The summed E-state index contributed by atoms with van der Waals surface area (Å²) in [6.07, 6.45) is 5.05. The third kappa shape index (κ3) is 4.53. The zero-order valence-corrected chi connectivity index (χ0v) is 15.7. The van der Waals surface area contributed by atoms with E-state index in [4.69, 9.17) is 0 Å². The van der Waals surface area contributed by atoms with Crippen molar-refractivity contribution >= 4 is 27.4 Å². The summed E-state index contributed by atoms with van der Waals surface area (Å²) in [4.78, 5) is 16.8. The lowest BCUT2D eigenvalue weighted by Gasteiger charge is -2.15. The summed E-state index contributed by atoms with van der Waals surface area (Å²) in [6.45, 7) is 5.33. The van der Waals surface area contributed by atoms with Crippen molar-refractivity contribution in [2.24, 2.45) is 0 Å². The van der Waals surface area contributed by atoms with Gasteiger partial charge in [0, 0.05) is 25.2 Å². The van der Waals surface area contributed by atoms with Gasteiger partial charge in [-0.15, -0.1) is 6.58 Å². The van der Waals surface area contributed by atoms with E-state index in [0.717, 1.165) is 12.8 Å². The third-order valence-electron chi connectivity index (χ3n) is 4.27. The van der Waals surface area contributed by atoms with Gasteiger partial charge in [-0.1, -0.05) is 6.08 Å². The highest BCUT2D eigenvalue weighted by atomic mass is 32.2. The van der Waals surface area contributed by atoms with Crippen LogP contribution in [-0.2, 0) is 10.0 Å². The fourth-order valence-electron chi connectivity index (χ4n) is 2.81. The number of carbonyl (C=O) groups excluding carboxylic acids is 1. The molecule has 0 saturated carbocycles. The van der Waals surface area contributed by atoms with E-state index in [-0.39, 0.29) is 10.8 Å². The molecule has 1 aromatic heterocycles. The Labute approximate surface area is 159 Å². The average molecular weight is 386 g/mol. The highest BCUT2D eigenvalue weighted by molar-refractivity contribution is 7.89. The molecular weight excluding hydrogens is 364 g/mol. The summed E-state index contributed by atoms with van der Waals surface area (Å²) in [7, 11) is -3.47. The van der Waals surface area contributed by atoms with Crippen LogP contribution >= 0.6 is 0 Å². The molecule has 0 atom stereocenters. The Morgan fingerprint density at radius 2 is 1.85 bits per heavy atom. The Hall–Kier alpha value is -2.71. The van der Waals surface area contributed by atoms with Crippen LogP contribution < -0.4 is 10.6 Å². The number of hydrogen-bond acceptors (Lipinski definition) is 5. The van der Waals surface area contributed by atoms with Crippen LogP contribution in [0, 0.1) is 0 Å². The minimum atomic E-state index is -3.47. The molecule has 2 heterocycles. The first-order chi connectivity index (χ1) is 13.0. The van der Waals surface area contributed by atoms with E-state index in [1.807, 2.05) is 0 Å². The molecule has 27 heavy (non-hydrogen) atoms. The maximum absolute atomic E-state index is 12.5. The van der Waals surface area contributed by atoms with Crippen LogP contribution in [0.4, 0.5) is 11.5 Å². The van der Waals surface area contributed by atoms with Gasteiger partial charge in [-0.2, -0.15) is 4.31 Å². The van der Waals surface area contributed by atoms with Gasteiger partial charge >= 0.3 is 0 Å². The molecule has 1 amide bonds. The van der Waals surface area contributed by atoms with Crippen molar-refractivity contribution in [1.29, 1.82) is 0 Å². The fourth-order valence-corrected chi connectivity index (χ4v) is 4.33. The second kappa shape index (κ2) is 8.32. The number of benzene rings is 1. The first-order valence-electron chi connectivity index (χ1n) is 8.73. The van der Waals surface area contributed by atoms with Crippen molar-refractivity contribution in [2.75, 3.05) is 30.3 Å². The van der Waals surface area contributed by atoms with Gasteiger partial charge in [0.05, 0.1) is 16.8 Å². The van der Waals surface area contributed by atoms with Gasteiger partial charge < -0.3 is 10.6 Å². The van der Waals surface area contributed by atoms with Gasteiger partial charge in [0.1, 0.15) is 5.82 Å². The highest BCUT2D eigenvalue weighted by Crippen LogP contribution is 2.21. The third-order valence-corrected chi connectivity index (χ3v) is 6.18. The normalized spacial score (nSPS) is 14.7. The van der Waals surface area contributed by atoms with E-state index in [1.165, 1.54) is 28.6 Å². The Bertz CT molecular complexity index is 903. The summed E-state index contributed by atoms with van der Waals surface area (Å²) in [6, 6.07) is 9.48. The first kappa shape index (κ1) is 19.1. The van der Waals surface area contributed by atoms with Gasteiger partial charge in [-0.3, -0.25) is 4.79 Å². The number of nitrogens with zero attached hydrogens (tertiary/aromatic N) is 2. The number of anilines is 2. The van der Waals surface area contributed by atoms with E-state index in [1.54, 1.807) is 24.4 Å². The predicted molar refractivity (Wildman–Crippen MR) is 105 cm³/mol. The van der Waals surface area contributed by atoms with E-state index < -0.39 is 10.0 Å². The lowest BCUT2D eigenvalue weighted by Crippen LogP contribution is -2.27. The van der Waals surface area contributed by atoms with E-state index in [2.05, 4.69) is 22.2 Å². The Morgan fingerprint density at radius 3 is 2.44 bits per heavy atom. The summed E-state index contributed by atoms with van der Waals surface area (Å²) in [5.74, 6) is 0.359. The molecule has 8 heteroatoms. The minimum absolute atomic E-state index is 0.209. The van der Waals surface area contributed by atoms with Gasteiger partial charge in [0.2, 0.25) is 10.0 Å². The van der Waals surface area contributed by atoms with Crippen LogP contribution in [0.1, 0.15) is 23.2 Å². The van der Waals surface area contributed by atoms with Crippen LogP contribution in [0.25, 0.3) is 0 Å². The molecular formula is C19H22N4O3S. The second-order valence-electron chi connectivity index (χ2n) is 6.19. The second-order valence-corrected chi connectivity index (χ2v) is 8.13. The number of carbonyl (C=O) groups is 1. The van der Waals surface area contributed by atoms with Crippen LogP contribution in [0.2, 0.25) is 0 Å². The highest BCUT2D eigenvalue weighted by Gasteiger charge is 2.27. The predicted octanol–water partition coefficient (Wildman–Crippen LogP) is 2.72. The monoisotopic (exact) mass is 386 g/mol. The zero-order chi connectivity index (χ0) is 19.3. The Morgan fingerprint density at radius 1 is 1.15 bits per heavy atom. The van der Waals surface area contributed by atoms with Crippen molar-refractivity contribution in [3.8, 4) is 0 Å². The first-order valence-corrected chi connectivity index (χ1v) is 10.2. The summed E-state index contributed by atoms with van der Waals surface area (Å²) >= 11 is 0. The molecule has 1 fully saturated rings. The van der Waals surface area contributed by atoms with Crippen LogP contribution in [-0.4, -0.2) is 43.2 Å². The number of sulfonamides is 1. The molecule has 0 spiro atoms. The van der Waals surface area contributed by atoms with Crippen molar-refractivity contribution < 1.29 is 13.2 Å². The number of pyridine rings is 1. The maximum Gasteiger partial charge on any atom is 0.255 e. The molecule has 1 aliphatic rings. The van der Waals surface area contributed by atoms with Gasteiger partial charge in [-0.25, -0.2) is 13.4 Å². The molecule has 2 aromatic rings. The molecule has 3 rings (SSSR count). The molecule has 1 aliphatic heterocycles. The van der Waals surface area contributed by atoms with Crippen molar-refractivity contribution in [2.45, 2.75) is 17.7 Å². The molecule has 0 unspecified atom stereocenters. The van der Waals surface area contributed by atoms with Crippen molar-refractivity contribution in [3.63, 3.8) is 0 Å². The summed E-state index contributed by atoms with van der Waals surface area (Å²) in [5, 5.41) is 5.79. The lowest BCUT2D eigenvalue weighted by atomic mass is 10.2. The van der Waals surface area contributed by atoms with Gasteiger partial charge in [0.15, 0.2) is 0 Å². The molecule has 7 nitrogen and oxygen atoms in total. The van der Waals surface area contributed by atoms with E-state index >= 15 is 0 Å². The lowest BCUT2D eigenvalue weighted by molar-refractivity contribution is 0.102. The number of aromatic nitrogens is 1. The summed E-state index contributed by atoms with van der Waals surface area (Å²) in [5.41, 5.74) is 0.933.